The summed E-state index contributed by atoms with van der Waals surface area (Å²) in [5.74, 6) is -1.17. The summed E-state index contributed by atoms with van der Waals surface area (Å²) < 4.78 is 10.8. The number of ether oxygens (including phenoxy) is 2. The lowest BCUT2D eigenvalue weighted by molar-refractivity contribution is -0.383. The van der Waals surface area contributed by atoms with Gasteiger partial charge in [-0.05, 0) is 43.2 Å². The highest BCUT2D eigenvalue weighted by molar-refractivity contribution is 6.30. The molecule has 2 aromatic carbocycles. The van der Waals surface area contributed by atoms with Crippen molar-refractivity contribution in [1.82, 2.24) is 0 Å². The molecular weight excluding hydrogens is 388 g/mol. The molecule has 8 nitrogen and oxygen atoms in total. The number of para-hydroxylation sites is 2. The maximum atomic E-state index is 12.4. The number of hydrogen-bond acceptors (Lipinski definition) is 6. The molecule has 0 bridgehead atoms. The lowest BCUT2D eigenvalue weighted by Gasteiger charge is -2.25. The van der Waals surface area contributed by atoms with Gasteiger partial charge in [0.1, 0.15) is 18.0 Å². The lowest BCUT2D eigenvalue weighted by atomic mass is 9.97. The molecule has 9 heteroatoms. The molecule has 28 heavy (non-hydrogen) atoms. The van der Waals surface area contributed by atoms with Crippen molar-refractivity contribution in [2.24, 2.45) is 5.92 Å². The van der Waals surface area contributed by atoms with Crippen LogP contribution in [0.1, 0.15) is 12.5 Å². The van der Waals surface area contributed by atoms with Crippen molar-refractivity contribution in [3.8, 4) is 5.75 Å². The van der Waals surface area contributed by atoms with E-state index in [1.165, 1.54) is 25.1 Å². The number of fused-ring (bicyclic) bond motifs is 1. The number of nitro groups is 1. The lowest BCUT2D eigenvalue weighted by Crippen LogP contribution is -2.36. The molecular formula is C19H17ClN2O6. The fraction of sp³-hybridized carbons (Fsp3) is 0.263. The zero-order chi connectivity index (χ0) is 20.3. The molecule has 1 aliphatic heterocycles. The third-order valence-electron chi connectivity index (χ3n) is 4.28. The molecule has 2 unspecified atom stereocenters. The molecule has 1 aliphatic rings. The van der Waals surface area contributed by atoms with Gasteiger partial charge in [-0.25, -0.2) is 0 Å². The Hall–Kier alpha value is -3.13. The molecule has 0 saturated carbocycles. The molecule has 0 aromatic heterocycles. The van der Waals surface area contributed by atoms with E-state index in [2.05, 4.69) is 5.32 Å². The molecule has 0 fully saturated rings. The van der Waals surface area contributed by atoms with Crippen molar-refractivity contribution in [2.75, 3.05) is 11.9 Å². The van der Waals surface area contributed by atoms with Gasteiger partial charge < -0.3 is 14.8 Å². The van der Waals surface area contributed by atoms with Crippen LogP contribution in [0.3, 0.4) is 0 Å². The maximum absolute atomic E-state index is 12.4. The van der Waals surface area contributed by atoms with Gasteiger partial charge in [0.05, 0.1) is 10.8 Å². The quantitative estimate of drug-likeness (QED) is 0.465. The predicted octanol–water partition coefficient (Wildman–Crippen LogP) is 3.37. The number of anilines is 1. The van der Waals surface area contributed by atoms with E-state index < -0.39 is 28.8 Å². The second-order valence-electron chi connectivity index (χ2n) is 6.31. The number of rotatable bonds is 5. The molecule has 2 atom stereocenters. The topological polar surface area (TPSA) is 108 Å². The van der Waals surface area contributed by atoms with Crippen molar-refractivity contribution in [2.45, 2.75) is 19.4 Å². The van der Waals surface area contributed by atoms with Crippen molar-refractivity contribution < 1.29 is 24.0 Å². The van der Waals surface area contributed by atoms with Crippen LogP contribution in [0.15, 0.2) is 42.5 Å². The SMILES string of the molecule is CC(OC(=O)C1COc2ccc(Cl)cc2C1)C(=O)Nc1ccccc1[N+](=O)[O-]. The maximum Gasteiger partial charge on any atom is 0.313 e. The van der Waals surface area contributed by atoms with Crippen LogP contribution in [0, 0.1) is 16.0 Å². The fourth-order valence-corrected chi connectivity index (χ4v) is 3.01. The van der Waals surface area contributed by atoms with E-state index in [4.69, 9.17) is 21.1 Å². The third kappa shape index (κ3) is 4.40. The van der Waals surface area contributed by atoms with Gasteiger partial charge in [0.25, 0.3) is 11.6 Å². The van der Waals surface area contributed by atoms with Crippen LogP contribution in [0.25, 0.3) is 0 Å². The zero-order valence-electron chi connectivity index (χ0n) is 14.9. The van der Waals surface area contributed by atoms with Gasteiger partial charge in [-0.15, -0.1) is 0 Å². The summed E-state index contributed by atoms with van der Waals surface area (Å²) in [6, 6.07) is 10.9. The molecule has 0 spiro atoms. The summed E-state index contributed by atoms with van der Waals surface area (Å²) in [5.41, 5.74) is 0.575. The molecule has 0 radical (unpaired) electrons. The Morgan fingerprint density at radius 1 is 1.32 bits per heavy atom. The number of carbonyl (C=O) groups excluding carboxylic acids is 2. The van der Waals surface area contributed by atoms with Crippen LogP contribution >= 0.6 is 11.6 Å². The van der Waals surface area contributed by atoms with E-state index in [9.17, 15) is 19.7 Å². The Labute approximate surface area is 165 Å². The first-order valence-corrected chi connectivity index (χ1v) is 8.89. The van der Waals surface area contributed by atoms with Gasteiger partial charge in [0.15, 0.2) is 6.10 Å². The van der Waals surface area contributed by atoms with Crippen molar-refractivity contribution in [3.63, 3.8) is 0 Å². The smallest absolute Gasteiger partial charge is 0.313 e. The highest BCUT2D eigenvalue weighted by Crippen LogP contribution is 2.30. The summed E-state index contributed by atoms with van der Waals surface area (Å²) in [7, 11) is 0. The van der Waals surface area contributed by atoms with Crippen molar-refractivity contribution in [3.05, 3.63) is 63.2 Å². The second-order valence-corrected chi connectivity index (χ2v) is 6.74. The Bertz CT molecular complexity index is 932. The van der Waals surface area contributed by atoms with Crippen LogP contribution in [-0.4, -0.2) is 29.5 Å². The molecule has 0 aliphatic carbocycles. The first-order valence-electron chi connectivity index (χ1n) is 8.51. The zero-order valence-corrected chi connectivity index (χ0v) is 15.6. The van der Waals surface area contributed by atoms with E-state index in [-0.39, 0.29) is 18.0 Å². The number of amides is 1. The molecule has 146 valence electrons. The Morgan fingerprint density at radius 2 is 2.07 bits per heavy atom. The summed E-state index contributed by atoms with van der Waals surface area (Å²) in [6.07, 6.45) is -0.749. The van der Waals surface area contributed by atoms with Crippen molar-refractivity contribution in [1.29, 1.82) is 0 Å². The Morgan fingerprint density at radius 3 is 2.82 bits per heavy atom. The van der Waals surface area contributed by atoms with E-state index in [0.29, 0.717) is 17.2 Å². The number of halogens is 1. The molecule has 1 N–H and O–H groups in total. The molecule has 3 rings (SSSR count). The summed E-state index contributed by atoms with van der Waals surface area (Å²) >= 11 is 5.97. The van der Waals surface area contributed by atoms with Gasteiger partial charge in [-0.3, -0.25) is 19.7 Å². The number of nitrogens with one attached hydrogen (secondary N) is 1. The van der Waals surface area contributed by atoms with Gasteiger partial charge in [0, 0.05) is 11.1 Å². The molecule has 2 aromatic rings. The predicted molar refractivity (Wildman–Crippen MR) is 101 cm³/mol. The molecule has 1 amide bonds. The van der Waals surface area contributed by atoms with Crippen LogP contribution in [-0.2, 0) is 20.7 Å². The minimum absolute atomic E-state index is 0.0324. The van der Waals surface area contributed by atoms with E-state index in [1.807, 2.05) is 0 Å². The Kier molecular flexibility index (Phi) is 5.79. The highest BCUT2D eigenvalue weighted by atomic mass is 35.5. The normalized spacial score (nSPS) is 16.3. The van der Waals surface area contributed by atoms with Crippen LogP contribution < -0.4 is 10.1 Å². The average molecular weight is 405 g/mol. The van der Waals surface area contributed by atoms with Gasteiger partial charge in [0.2, 0.25) is 0 Å². The average Bonchev–Trinajstić information content (AvgIpc) is 2.67. The van der Waals surface area contributed by atoms with Crippen LogP contribution in [0.4, 0.5) is 11.4 Å². The minimum Gasteiger partial charge on any atom is -0.492 e. The summed E-state index contributed by atoms with van der Waals surface area (Å²) in [4.78, 5) is 35.1. The molecule has 1 heterocycles. The largest absolute Gasteiger partial charge is 0.492 e. The number of hydrogen-bond donors (Lipinski definition) is 1. The third-order valence-corrected chi connectivity index (χ3v) is 4.52. The Balaban J connectivity index is 1.61. The number of nitro benzene ring substituents is 1. The number of benzene rings is 2. The van der Waals surface area contributed by atoms with Crippen LogP contribution in [0.5, 0.6) is 5.75 Å². The van der Waals surface area contributed by atoms with E-state index in [1.54, 1.807) is 24.3 Å². The fourth-order valence-electron chi connectivity index (χ4n) is 2.81. The van der Waals surface area contributed by atoms with E-state index in [0.717, 1.165) is 5.56 Å². The van der Waals surface area contributed by atoms with Gasteiger partial charge in [-0.2, -0.15) is 0 Å². The minimum atomic E-state index is -1.13. The first kappa shape index (κ1) is 19.6. The number of carbonyl (C=O) groups is 2. The standard InChI is InChI=1S/C19H17ClN2O6/c1-11(18(23)21-15-4-2-3-5-16(15)22(25)26)28-19(24)13-8-12-9-14(20)6-7-17(12)27-10-13/h2-7,9,11,13H,8,10H2,1H3,(H,21,23). The highest BCUT2D eigenvalue weighted by Gasteiger charge is 2.30. The second kappa shape index (κ2) is 8.26. The van der Waals surface area contributed by atoms with Gasteiger partial charge >= 0.3 is 5.97 Å². The molecule has 0 saturated heterocycles. The monoisotopic (exact) mass is 404 g/mol. The number of nitrogens with zero attached hydrogens (tertiary/aromatic N) is 1. The number of esters is 1. The van der Waals surface area contributed by atoms with E-state index >= 15 is 0 Å². The van der Waals surface area contributed by atoms with Crippen LogP contribution in [0.2, 0.25) is 5.02 Å². The first-order chi connectivity index (χ1) is 13.3. The summed E-state index contributed by atoms with van der Waals surface area (Å²) in [5, 5.41) is 14.0. The summed E-state index contributed by atoms with van der Waals surface area (Å²) in [6.45, 7) is 1.53. The van der Waals surface area contributed by atoms with Gasteiger partial charge in [-0.1, -0.05) is 23.7 Å². The van der Waals surface area contributed by atoms with Crippen molar-refractivity contribution >= 4 is 34.9 Å².